The van der Waals surface area contributed by atoms with Crippen LogP contribution in [0.3, 0.4) is 0 Å². The van der Waals surface area contributed by atoms with Crippen LogP contribution in [0.5, 0.6) is 0 Å². The number of benzene rings is 1. The van der Waals surface area contributed by atoms with E-state index in [-0.39, 0.29) is 11.7 Å². The molecule has 150 valence electrons. The van der Waals surface area contributed by atoms with E-state index in [2.05, 4.69) is 20.5 Å². The Morgan fingerprint density at radius 1 is 1.37 bits per heavy atom. The number of hydrogen-bond acceptors (Lipinski definition) is 6. The van der Waals surface area contributed by atoms with Gasteiger partial charge in [-0.2, -0.15) is 0 Å². The fourth-order valence-electron chi connectivity index (χ4n) is 2.73. The summed E-state index contributed by atoms with van der Waals surface area (Å²) in [5.74, 6) is 0.700. The van der Waals surface area contributed by atoms with Crippen molar-refractivity contribution in [3.8, 4) is 0 Å². The van der Waals surface area contributed by atoms with Gasteiger partial charge in [0.1, 0.15) is 0 Å². The molecule has 0 radical (unpaired) electrons. The molecule has 0 aliphatic carbocycles. The zero-order valence-corrected chi connectivity index (χ0v) is 16.0. The number of morpholine rings is 1. The van der Waals surface area contributed by atoms with E-state index in [9.17, 15) is 10.1 Å². The number of ether oxygens (including phenoxy) is 2. The third kappa shape index (κ3) is 7.90. The van der Waals surface area contributed by atoms with Crippen LogP contribution in [0.1, 0.15) is 12.5 Å². The van der Waals surface area contributed by atoms with E-state index >= 15 is 0 Å². The van der Waals surface area contributed by atoms with E-state index in [1.165, 1.54) is 12.1 Å². The van der Waals surface area contributed by atoms with Crippen molar-refractivity contribution >= 4 is 11.6 Å². The Balaban J connectivity index is 1.90. The molecule has 0 bridgehead atoms. The predicted molar refractivity (Wildman–Crippen MR) is 104 cm³/mol. The maximum Gasteiger partial charge on any atom is 0.269 e. The largest absolute Gasteiger partial charge is 0.383 e. The van der Waals surface area contributed by atoms with Crippen LogP contribution in [0.4, 0.5) is 5.69 Å². The summed E-state index contributed by atoms with van der Waals surface area (Å²) in [6.45, 7) is 8.18. The van der Waals surface area contributed by atoms with Gasteiger partial charge in [-0.3, -0.25) is 15.0 Å². The number of rotatable bonds is 9. The smallest absolute Gasteiger partial charge is 0.269 e. The van der Waals surface area contributed by atoms with Crippen molar-refractivity contribution in [2.24, 2.45) is 4.99 Å². The predicted octanol–water partition coefficient (Wildman–Crippen LogP) is 0.997. The summed E-state index contributed by atoms with van der Waals surface area (Å²) in [5, 5.41) is 17.4. The van der Waals surface area contributed by atoms with Crippen molar-refractivity contribution in [2.75, 3.05) is 53.1 Å². The molecule has 0 spiro atoms. The van der Waals surface area contributed by atoms with Crippen molar-refractivity contribution in [3.63, 3.8) is 0 Å². The van der Waals surface area contributed by atoms with Crippen LogP contribution >= 0.6 is 0 Å². The zero-order valence-electron chi connectivity index (χ0n) is 16.0. The first-order chi connectivity index (χ1) is 13.1. The van der Waals surface area contributed by atoms with Crippen LogP contribution in [0.2, 0.25) is 0 Å². The minimum atomic E-state index is -0.403. The average Bonchev–Trinajstić information content (AvgIpc) is 2.67. The van der Waals surface area contributed by atoms with E-state index < -0.39 is 4.92 Å². The van der Waals surface area contributed by atoms with Crippen molar-refractivity contribution in [1.29, 1.82) is 0 Å². The Hall–Kier alpha value is -2.23. The highest BCUT2D eigenvalue weighted by Gasteiger charge is 2.11. The number of hydrogen-bond donors (Lipinski definition) is 2. The minimum absolute atomic E-state index is 0.0819. The number of nitrogens with one attached hydrogen (secondary N) is 2. The first-order valence-corrected chi connectivity index (χ1v) is 9.15. The number of guanidine groups is 1. The lowest BCUT2D eigenvalue weighted by atomic mass is 10.2. The molecule has 2 rings (SSSR count). The molecule has 1 aliphatic heterocycles. The SMILES string of the molecule is COCC(C)NC(=NCc1ccc([N+](=O)[O-])cc1)NCCN1CCOCC1. The van der Waals surface area contributed by atoms with Crippen LogP contribution in [-0.2, 0) is 16.0 Å². The van der Waals surface area contributed by atoms with Gasteiger partial charge in [0, 0.05) is 51.5 Å². The number of nitrogens with zero attached hydrogens (tertiary/aromatic N) is 3. The summed E-state index contributed by atoms with van der Waals surface area (Å²) in [6, 6.07) is 6.56. The Labute approximate surface area is 159 Å². The van der Waals surface area contributed by atoms with Gasteiger partial charge in [0.05, 0.1) is 31.3 Å². The maximum absolute atomic E-state index is 10.7. The minimum Gasteiger partial charge on any atom is -0.383 e. The van der Waals surface area contributed by atoms with E-state index in [4.69, 9.17) is 9.47 Å². The molecule has 9 nitrogen and oxygen atoms in total. The van der Waals surface area contributed by atoms with Crippen LogP contribution < -0.4 is 10.6 Å². The lowest BCUT2D eigenvalue weighted by Crippen LogP contribution is -2.47. The fourth-order valence-corrected chi connectivity index (χ4v) is 2.73. The third-order valence-corrected chi connectivity index (χ3v) is 4.19. The summed E-state index contributed by atoms with van der Waals surface area (Å²) in [5.41, 5.74) is 0.993. The molecular weight excluding hydrogens is 350 g/mol. The highest BCUT2D eigenvalue weighted by molar-refractivity contribution is 5.80. The Morgan fingerprint density at radius 3 is 2.70 bits per heavy atom. The second kappa shape index (κ2) is 11.5. The van der Waals surface area contributed by atoms with Crippen molar-refractivity contribution < 1.29 is 14.4 Å². The Kier molecular flexibility index (Phi) is 8.96. The zero-order chi connectivity index (χ0) is 19.5. The Morgan fingerprint density at radius 2 is 2.07 bits per heavy atom. The van der Waals surface area contributed by atoms with Gasteiger partial charge >= 0.3 is 0 Å². The first-order valence-electron chi connectivity index (χ1n) is 9.15. The van der Waals surface area contributed by atoms with Crippen LogP contribution in [0, 0.1) is 10.1 Å². The second-order valence-electron chi connectivity index (χ2n) is 6.47. The molecule has 9 heteroatoms. The summed E-state index contributed by atoms with van der Waals surface area (Å²) in [6.07, 6.45) is 0. The Bertz CT molecular complexity index is 602. The highest BCUT2D eigenvalue weighted by atomic mass is 16.6. The molecule has 27 heavy (non-hydrogen) atoms. The van der Waals surface area contributed by atoms with E-state index in [1.54, 1.807) is 19.2 Å². The molecular formula is C18H29N5O4. The van der Waals surface area contributed by atoms with Gasteiger partial charge in [-0.15, -0.1) is 0 Å². The standard InChI is InChI=1S/C18H29N5O4/c1-15(14-26-2)21-18(19-7-8-22-9-11-27-12-10-22)20-13-16-3-5-17(6-4-16)23(24)25/h3-6,15H,7-14H2,1-2H3,(H2,19,20,21). The molecule has 1 aliphatic rings. The van der Waals surface area contributed by atoms with Crippen molar-refractivity contribution in [2.45, 2.75) is 19.5 Å². The van der Waals surface area contributed by atoms with Gasteiger partial charge in [0.15, 0.2) is 5.96 Å². The van der Waals surface area contributed by atoms with Gasteiger partial charge in [-0.1, -0.05) is 12.1 Å². The molecule has 1 heterocycles. The average molecular weight is 379 g/mol. The third-order valence-electron chi connectivity index (χ3n) is 4.19. The fraction of sp³-hybridized carbons (Fsp3) is 0.611. The number of nitro groups is 1. The number of nitro benzene ring substituents is 1. The van der Waals surface area contributed by atoms with E-state index in [0.717, 1.165) is 45.0 Å². The summed E-state index contributed by atoms with van der Waals surface area (Å²) in [7, 11) is 1.66. The molecule has 1 fully saturated rings. The monoisotopic (exact) mass is 379 g/mol. The summed E-state index contributed by atoms with van der Waals surface area (Å²) in [4.78, 5) is 17.3. The maximum atomic E-state index is 10.7. The quantitative estimate of drug-likeness (QED) is 0.286. The molecule has 1 aromatic carbocycles. The number of methoxy groups -OCH3 is 1. The second-order valence-corrected chi connectivity index (χ2v) is 6.47. The molecule has 0 amide bonds. The van der Waals surface area contributed by atoms with E-state index in [1.807, 2.05) is 6.92 Å². The molecule has 1 aromatic rings. The molecule has 1 atom stereocenters. The molecule has 0 saturated carbocycles. The summed E-state index contributed by atoms with van der Waals surface area (Å²) >= 11 is 0. The molecule has 1 saturated heterocycles. The lowest BCUT2D eigenvalue weighted by Gasteiger charge is -2.27. The topological polar surface area (TPSA) is 101 Å². The van der Waals surface area contributed by atoms with Crippen LogP contribution in [0.25, 0.3) is 0 Å². The summed E-state index contributed by atoms with van der Waals surface area (Å²) < 4.78 is 10.5. The first kappa shape index (κ1) is 21.1. The van der Waals surface area contributed by atoms with E-state index in [0.29, 0.717) is 19.1 Å². The van der Waals surface area contributed by atoms with Crippen LogP contribution in [-0.4, -0.2) is 74.9 Å². The normalized spacial score (nSPS) is 16.7. The molecule has 2 N–H and O–H groups in total. The lowest BCUT2D eigenvalue weighted by molar-refractivity contribution is -0.384. The number of aliphatic imine (C=N–C) groups is 1. The van der Waals surface area contributed by atoms with Crippen molar-refractivity contribution in [1.82, 2.24) is 15.5 Å². The van der Waals surface area contributed by atoms with Crippen LogP contribution in [0.15, 0.2) is 29.3 Å². The van der Waals surface area contributed by atoms with Gasteiger partial charge in [-0.25, -0.2) is 4.99 Å². The van der Waals surface area contributed by atoms with Gasteiger partial charge in [0.25, 0.3) is 5.69 Å². The number of non-ortho nitro benzene ring substituents is 1. The molecule has 1 unspecified atom stereocenters. The van der Waals surface area contributed by atoms with Gasteiger partial charge < -0.3 is 20.1 Å². The molecule has 0 aromatic heterocycles. The van der Waals surface area contributed by atoms with Crippen molar-refractivity contribution in [3.05, 3.63) is 39.9 Å². The van der Waals surface area contributed by atoms with Gasteiger partial charge in [0.2, 0.25) is 0 Å². The van der Waals surface area contributed by atoms with Gasteiger partial charge in [-0.05, 0) is 12.5 Å². The highest BCUT2D eigenvalue weighted by Crippen LogP contribution is 2.12.